The van der Waals surface area contributed by atoms with Gasteiger partial charge in [0, 0.05) is 26.1 Å². The number of sulfone groups is 1. The number of carbonyl (C=O) groups is 1. The first-order chi connectivity index (χ1) is 8.28. The molecule has 1 saturated heterocycles. The summed E-state index contributed by atoms with van der Waals surface area (Å²) in [6, 6.07) is 0. The number of carbonyl (C=O) groups excluding carboxylic acids is 1. The summed E-state index contributed by atoms with van der Waals surface area (Å²) in [7, 11) is -3.15. The molecule has 0 bridgehead atoms. The van der Waals surface area contributed by atoms with E-state index in [1.54, 1.807) is 0 Å². The summed E-state index contributed by atoms with van der Waals surface area (Å²) in [6.07, 6.45) is 1.14. The molecule has 1 rings (SSSR count). The van der Waals surface area contributed by atoms with Crippen molar-refractivity contribution in [1.82, 2.24) is 4.90 Å². The first-order valence-electron chi connectivity index (χ1n) is 6.49. The molecule has 0 aliphatic carbocycles. The van der Waals surface area contributed by atoms with Crippen LogP contribution in [0.4, 0.5) is 0 Å². The van der Waals surface area contributed by atoms with Gasteiger partial charge in [-0.15, -0.1) is 0 Å². The van der Waals surface area contributed by atoms with Crippen molar-refractivity contribution in [2.24, 2.45) is 17.6 Å². The maximum atomic E-state index is 11.7. The quantitative estimate of drug-likeness (QED) is 0.754. The molecule has 0 unspecified atom stereocenters. The predicted molar refractivity (Wildman–Crippen MR) is 71.9 cm³/mol. The van der Waals surface area contributed by atoms with Crippen molar-refractivity contribution >= 4 is 15.7 Å². The van der Waals surface area contributed by atoms with E-state index in [0.29, 0.717) is 18.4 Å². The number of piperidine rings is 1. The number of hydrogen-bond acceptors (Lipinski definition) is 4. The highest BCUT2D eigenvalue weighted by atomic mass is 32.2. The lowest BCUT2D eigenvalue weighted by molar-refractivity contribution is -0.117. The molecule has 1 fully saturated rings. The average Bonchev–Trinajstić information content (AvgIpc) is 2.23. The molecule has 6 heteroatoms. The summed E-state index contributed by atoms with van der Waals surface area (Å²) in [5, 5.41) is 0. The Hall–Kier alpha value is -0.620. The fourth-order valence-corrected chi connectivity index (χ4v) is 3.85. The predicted octanol–water partition coefficient (Wildman–Crippen LogP) is 0.255. The average molecular weight is 276 g/mol. The normalized spacial score (nSPS) is 26.1. The molecule has 1 aliphatic rings. The molecule has 0 aromatic rings. The fourth-order valence-electron chi connectivity index (χ4n) is 2.60. The topological polar surface area (TPSA) is 80.5 Å². The number of likely N-dealkylation sites (tertiary alicyclic amines) is 1. The molecule has 1 heterocycles. The summed E-state index contributed by atoms with van der Waals surface area (Å²) in [4.78, 5) is 12.8. The zero-order valence-corrected chi connectivity index (χ0v) is 12.1. The third-order valence-electron chi connectivity index (χ3n) is 3.32. The molecule has 106 valence electrons. The zero-order chi connectivity index (χ0) is 13.8. The number of primary amides is 1. The van der Waals surface area contributed by atoms with Crippen LogP contribution >= 0.6 is 0 Å². The Balaban J connectivity index is 2.37. The van der Waals surface area contributed by atoms with Crippen molar-refractivity contribution in [2.75, 3.05) is 31.1 Å². The SMILES string of the molecule is C[C@@H]1C[C@@H](C)CN(CCS(=O)(=O)CCC(N)=O)C1. The molecule has 18 heavy (non-hydrogen) atoms. The third kappa shape index (κ3) is 5.82. The summed E-state index contributed by atoms with van der Waals surface area (Å²) in [5.74, 6) is 0.698. The van der Waals surface area contributed by atoms with E-state index >= 15 is 0 Å². The summed E-state index contributed by atoms with van der Waals surface area (Å²) < 4.78 is 23.4. The Kier molecular flexibility index (Phi) is 5.59. The molecule has 1 aliphatic heterocycles. The molecule has 2 atom stereocenters. The maximum Gasteiger partial charge on any atom is 0.218 e. The van der Waals surface area contributed by atoms with Gasteiger partial charge in [-0.1, -0.05) is 13.8 Å². The maximum absolute atomic E-state index is 11.7. The molecule has 2 N–H and O–H groups in total. The van der Waals surface area contributed by atoms with Crippen molar-refractivity contribution in [3.8, 4) is 0 Å². The van der Waals surface area contributed by atoms with Crippen LogP contribution in [0.3, 0.4) is 0 Å². The third-order valence-corrected chi connectivity index (χ3v) is 4.95. The van der Waals surface area contributed by atoms with E-state index in [4.69, 9.17) is 5.73 Å². The van der Waals surface area contributed by atoms with E-state index < -0.39 is 15.7 Å². The van der Waals surface area contributed by atoms with Gasteiger partial charge in [-0.25, -0.2) is 8.42 Å². The van der Waals surface area contributed by atoms with Crippen LogP contribution in [0.15, 0.2) is 0 Å². The Morgan fingerprint density at radius 2 is 1.78 bits per heavy atom. The van der Waals surface area contributed by atoms with Crippen LogP contribution in [0, 0.1) is 11.8 Å². The molecule has 1 amide bonds. The van der Waals surface area contributed by atoms with Crippen LogP contribution in [0.5, 0.6) is 0 Å². The first-order valence-corrected chi connectivity index (χ1v) is 8.31. The fraction of sp³-hybridized carbons (Fsp3) is 0.917. The summed E-state index contributed by atoms with van der Waals surface area (Å²) in [6.45, 7) is 6.90. The van der Waals surface area contributed by atoms with E-state index in [9.17, 15) is 13.2 Å². The van der Waals surface area contributed by atoms with Crippen molar-refractivity contribution in [3.05, 3.63) is 0 Å². The van der Waals surface area contributed by atoms with Gasteiger partial charge in [-0.2, -0.15) is 0 Å². The molecule has 5 nitrogen and oxygen atoms in total. The van der Waals surface area contributed by atoms with Crippen LogP contribution in [0.2, 0.25) is 0 Å². The van der Waals surface area contributed by atoms with Gasteiger partial charge >= 0.3 is 0 Å². The van der Waals surface area contributed by atoms with E-state index in [-0.39, 0.29) is 17.9 Å². The minimum Gasteiger partial charge on any atom is -0.370 e. The monoisotopic (exact) mass is 276 g/mol. The van der Waals surface area contributed by atoms with Crippen molar-refractivity contribution in [2.45, 2.75) is 26.7 Å². The van der Waals surface area contributed by atoms with Gasteiger partial charge in [0.15, 0.2) is 9.84 Å². The van der Waals surface area contributed by atoms with E-state index in [2.05, 4.69) is 18.7 Å². The molecule has 0 radical (unpaired) electrons. The van der Waals surface area contributed by atoms with Gasteiger partial charge in [0.1, 0.15) is 0 Å². The van der Waals surface area contributed by atoms with E-state index in [1.165, 1.54) is 6.42 Å². The number of nitrogens with two attached hydrogens (primary N) is 1. The summed E-state index contributed by atoms with van der Waals surface area (Å²) >= 11 is 0. The lowest BCUT2D eigenvalue weighted by Gasteiger charge is -2.34. The summed E-state index contributed by atoms with van der Waals surface area (Å²) in [5.41, 5.74) is 4.96. The van der Waals surface area contributed by atoms with Crippen LogP contribution in [0.1, 0.15) is 26.7 Å². The zero-order valence-electron chi connectivity index (χ0n) is 11.3. The van der Waals surface area contributed by atoms with Gasteiger partial charge in [0.05, 0.1) is 11.5 Å². The van der Waals surface area contributed by atoms with Crippen LogP contribution in [-0.4, -0.2) is 50.4 Å². The number of nitrogens with zero attached hydrogens (tertiary/aromatic N) is 1. The van der Waals surface area contributed by atoms with E-state index in [1.807, 2.05) is 0 Å². The van der Waals surface area contributed by atoms with Crippen molar-refractivity contribution in [3.63, 3.8) is 0 Å². The van der Waals surface area contributed by atoms with Gasteiger partial charge in [-0.3, -0.25) is 4.79 Å². The van der Waals surface area contributed by atoms with E-state index in [0.717, 1.165) is 13.1 Å². The van der Waals surface area contributed by atoms with Crippen molar-refractivity contribution < 1.29 is 13.2 Å². The lowest BCUT2D eigenvalue weighted by Crippen LogP contribution is -2.41. The molecular formula is C12H24N2O3S. The van der Waals surface area contributed by atoms with Gasteiger partial charge in [-0.05, 0) is 18.3 Å². The first kappa shape index (κ1) is 15.4. The molecule has 0 aromatic heterocycles. The Bertz CT molecular complexity index is 371. The molecular weight excluding hydrogens is 252 g/mol. The Labute approximate surface area is 110 Å². The van der Waals surface area contributed by atoms with Crippen LogP contribution < -0.4 is 5.73 Å². The largest absolute Gasteiger partial charge is 0.370 e. The lowest BCUT2D eigenvalue weighted by atomic mass is 9.92. The van der Waals surface area contributed by atoms with Gasteiger partial charge < -0.3 is 10.6 Å². The molecule has 0 saturated carbocycles. The smallest absolute Gasteiger partial charge is 0.218 e. The molecule has 0 aromatic carbocycles. The van der Waals surface area contributed by atoms with Crippen LogP contribution in [-0.2, 0) is 14.6 Å². The second-order valence-electron chi connectivity index (χ2n) is 5.57. The Morgan fingerprint density at radius 1 is 1.22 bits per heavy atom. The van der Waals surface area contributed by atoms with Crippen molar-refractivity contribution in [1.29, 1.82) is 0 Å². The number of amides is 1. The minimum absolute atomic E-state index is 0.0743. The highest BCUT2D eigenvalue weighted by Crippen LogP contribution is 2.20. The second kappa shape index (κ2) is 6.52. The van der Waals surface area contributed by atoms with Gasteiger partial charge in [0.2, 0.25) is 5.91 Å². The standard InChI is InChI=1S/C12H24N2O3S/c1-10-7-11(2)9-14(8-10)4-6-18(16,17)5-3-12(13)15/h10-11H,3-9H2,1-2H3,(H2,13,15)/t10-,11-/m1/s1. The minimum atomic E-state index is -3.15. The Morgan fingerprint density at radius 3 is 2.28 bits per heavy atom. The molecule has 0 spiro atoms. The number of rotatable bonds is 6. The highest BCUT2D eigenvalue weighted by molar-refractivity contribution is 7.91. The van der Waals surface area contributed by atoms with Crippen LogP contribution in [0.25, 0.3) is 0 Å². The highest BCUT2D eigenvalue weighted by Gasteiger charge is 2.23. The number of hydrogen-bond donors (Lipinski definition) is 1. The van der Waals surface area contributed by atoms with Gasteiger partial charge in [0.25, 0.3) is 0 Å². The second-order valence-corrected chi connectivity index (χ2v) is 7.88.